The lowest BCUT2D eigenvalue weighted by Gasteiger charge is -2.13. The summed E-state index contributed by atoms with van der Waals surface area (Å²) in [7, 11) is 2.67. The van der Waals surface area contributed by atoms with Crippen LogP contribution < -0.4 is 14.8 Å². The molecule has 0 fully saturated rings. The topological polar surface area (TPSA) is 120 Å². The third kappa shape index (κ3) is 4.61. The van der Waals surface area contributed by atoms with E-state index in [1.807, 2.05) is 6.92 Å². The highest BCUT2D eigenvalue weighted by Gasteiger charge is 2.18. The van der Waals surface area contributed by atoms with Crippen molar-refractivity contribution in [2.75, 3.05) is 19.5 Å². The van der Waals surface area contributed by atoms with Crippen LogP contribution in [-0.2, 0) is 11.3 Å². The van der Waals surface area contributed by atoms with Crippen molar-refractivity contribution in [2.24, 2.45) is 0 Å². The average Bonchev–Trinajstić information content (AvgIpc) is 3.10. The molecule has 31 heavy (non-hydrogen) atoms. The van der Waals surface area contributed by atoms with E-state index in [2.05, 4.69) is 15.2 Å². The molecular formula is C22H22N2O7. The lowest BCUT2D eigenvalue weighted by Crippen LogP contribution is -2.13. The number of phenolic OH excluding ortho intramolecular Hbond substituents is 1. The number of benzene rings is 2. The Morgan fingerprint density at radius 2 is 1.90 bits per heavy atom. The van der Waals surface area contributed by atoms with E-state index in [0.29, 0.717) is 17.3 Å². The van der Waals surface area contributed by atoms with Gasteiger partial charge in [-0.2, -0.15) is 0 Å². The van der Waals surface area contributed by atoms with Gasteiger partial charge in [-0.3, -0.25) is 4.79 Å². The number of hydrogen-bond donors (Lipinski definition) is 2. The number of para-hydroxylation sites is 1. The first-order valence-corrected chi connectivity index (χ1v) is 9.30. The van der Waals surface area contributed by atoms with E-state index >= 15 is 0 Å². The largest absolute Gasteiger partial charge is 0.505 e. The predicted octanol–water partition coefficient (Wildman–Crippen LogP) is 3.62. The minimum Gasteiger partial charge on any atom is -0.505 e. The second kappa shape index (κ2) is 9.21. The smallest absolute Gasteiger partial charge is 0.341 e. The Balaban J connectivity index is 1.78. The van der Waals surface area contributed by atoms with Crippen molar-refractivity contribution in [2.45, 2.75) is 20.5 Å². The molecule has 0 saturated heterocycles. The molecule has 3 rings (SSSR count). The zero-order valence-corrected chi connectivity index (χ0v) is 17.5. The Bertz CT molecular complexity index is 1100. The van der Waals surface area contributed by atoms with Gasteiger partial charge in [-0.1, -0.05) is 11.2 Å². The molecule has 1 amide bonds. The van der Waals surface area contributed by atoms with Crippen LogP contribution in [-0.4, -0.2) is 36.4 Å². The number of rotatable bonds is 7. The zero-order valence-electron chi connectivity index (χ0n) is 17.5. The average molecular weight is 426 g/mol. The number of amides is 1. The Kier molecular flexibility index (Phi) is 6.44. The number of hydrogen-bond acceptors (Lipinski definition) is 8. The number of carbonyl (C=O) groups is 2. The Labute approximate surface area is 178 Å². The van der Waals surface area contributed by atoms with Gasteiger partial charge in [0.25, 0.3) is 5.91 Å². The number of esters is 1. The second-order valence-electron chi connectivity index (χ2n) is 6.60. The third-order valence-corrected chi connectivity index (χ3v) is 4.67. The van der Waals surface area contributed by atoms with Gasteiger partial charge in [0.15, 0.2) is 17.2 Å². The second-order valence-corrected chi connectivity index (χ2v) is 6.60. The zero-order chi connectivity index (χ0) is 22.5. The number of methoxy groups -OCH3 is 2. The molecule has 0 saturated carbocycles. The number of anilines is 1. The first-order chi connectivity index (χ1) is 14.8. The number of aryl methyl sites for hydroxylation is 2. The summed E-state index contributed by atoms with van der Waals surface area (Å²) >= 11 is 0. The van der Waals surface area contributed by atoms with Gasteiger partial charge in [0.1, 0.15) is 17.9 Å². The molecule has 0 spiro atoms. The molecule has 0 atom stereocenters. The molecule has 2 N–H and O–H groups in total. The van der Waals surface area contributed by atoms with Crippen LogP contribution in [0.2, 0.25) is 0 Å². The first-order valence-electron chi connectivity index (χ1n) is 9.30. The van der Waals surface area contributed by atoms with Gasteiger partial charge in [-0.25, -0.2) is 4.79 Å². The molecule has 162 valence electrons. The lowest BCUT2D eigenvalue weighted by molar-refractivity contribution is 0.0597. The Hall–Kier alpha value is -4.01. The van der Waals surface area contributed by atoms with Crippen molar-refractivity contribution in [3.8, 4) is 17.2 Å². The highest BCUT2D eigenvalue weighted by Crippen LogP contribution is 2.31. The van der Waals surface area contributed by atoms with Gasteiger partial charge in [-0.15, -0.1) is 0 Å². The fourth-order valence-corrected chi connectivity index (χ4v) is 2.90. The molecule has 0 aliphatic heterocycles. The molecular weight excluding hydrogens is 404 g/mol. The van der Waals surface area contributed by atoms with Crippen molar-refractivity contribution < 1.29 is 33.4 Å². The normalized spacial score (nSPS) is 10.5. The fourth-order valence-electron chi connectivity index (χ4n) is 2.90. The number of aromatic hydroxyl groups is 1. The van der Waals surface area contributed by atoms with Gasteiger partial charge < -0.3 is 29.2 Å². The molecule has 0 aliphatic rings. The maximum absolute atomic E-state index is 12.7. The predicted molar refractivity (Wildman–Crippen MR) is 111 cm³/mol. The minimum absolute atomic E-state index is 0.0547. The molecule has 0 aliphatic carbocycles. The Morgan fingerprint density at radius 3 is 2.55 bits per heavy atom. The summed E-state index contributed by atoms with van der Waals surface area (Å²) in [6.07, 6.45) is 0. The summed E-state index contributed by atoms with van der Waals surface area (Å²) in [6.45, 7) is 3.86. The van der Waals surface area contributed by atoms with Crippen molar-refractivity contribution in [1.82, 2.24) is 5.16 Å². The third-order valence-electron chi connectivity index (χ3n) is 4.67. The molecule has 0 radical (unpaired) electrons. The number of phenols is 1. The summed E-state index contributed by atoms with van der Waals surface area (Å²) in [4.78, 5) is 24.4. The van der Waals surface area contributed by atoms with Crippen molar-refractivity contribution in [3.05, 3.63) is 64.5 Å². The number of aromatic nitrogens is 1. The maximum atomic E-state index is 12.7. The van der Waals surface area contributed by atoms with E-state index in [-0.39, 0.29) is 29.2 Å². The van der Waals surface area contributed by atoms with Crippen LogP contribution in [0.1, 0.15) is 37.7 Å². The summed E-state index contributed by atoms with van der Waals surface area (Å²) in [6, 6.07) is 9.06. The summed E-state index contributed by atoms with van der Waals surface area (Å²) in [5.74, 6) is -0.139. The van der Waals surface area contributed by atoms with Crippen LogP contribution in [0.4, 0.5) is 5.69 Å². The van der Waals surface area contributed by atoms with Crippen LogP contribution >= 0.6 is 0 Å². The van der Waals surface area contributed by atoms with E-state index in [0.717, 1.165) is 11.3 Å². The van der Waals surface area contributed by atoms with E-state index in [9.17, 15) is 14.7 Å². The van der Waals surface area contributed by atoms with Crippen molar-refractivity contribution in [3.63, 3.8) is 0 Å². The van der Waals surface area contributed by atoms with Gasteiger partial charge in [0.05, 0.1) is 31.2 Å². The maximum Gasteiger partial charge on any atom is 0.341 e. The quantitative estimate of drug-likeness (QED) is 0.434. The highest BCUT2D eigenvalue weighted by molar-refractivity contribution is 6.06. The molecule has 1 aromatic heterocycles. The molecule has 0 unspecified atom stereocenters. The number of nitrogens with one attached hydrogen (secondary N) is 1. The number of carbonyl (C=O) groups excluding carboxylic acids is 2. The molecule has 3 aromatic rings. The standard InChI is InChI=1S/C22H22N2O7/c1-12-16(13(2)31-24-12)11-30-18-9-8-14(10-19(18)28-3)21(26)23-17-7-5-6-15(20(17)25)22(27)29-4/h5-10,25H,11H2,1-4H3,(H,23,26). The highest BCUT2D eigenvalue weighted by atomic mass is 16.5. The van der Waals surface area contributed by atoms with Crippen LogP contribution in [0.15, 0.2) is 40.9 Å². The van der Waals surface area contributed by atoms with Crippen molar-refractivity contribution in [1.29, 1.82) is 0 Å². The van der Waals surface area contributed by atoms with Crippen LogP contribution in [0.25, 0.3) is 0 Å². The number of nitrogens with zero attached hydrogens (tertiary/aromatic N) is 1. The summed E-state index contributed by atoms with van der Waals surface area (Å²) < 4.78 is 20.9. The number of ether oxygens (including phenoxy) is 3. The van der Waals surface area contributed by atoms with E-state index in [4.69, 9.17) is 14.0 Å². The van der Waals surface area contributed by atoms with E-state index in [1.165, 1.54) is 38.5 Å². The van der Waals surface area contributed by atoms with Crippen LogP contribution in [0.3, 0.4) is 0 Å². The van der Waals surface area contributed by atoms with Gasteiger partial charge in [-0.05, 0) is 44.2 Å². The minimum atomic E-state index is -0.713. The molecule has 9 heteroatoms. The van der Waals surface area contributed by atoms with Crippen molar-refractivity contribution >= 4 is 17.6 Å². The van der Waals surface area contributed by atoms with Gasteiger partial charge in [0, 0.05) is 5.56 Å². The monoisotopic (exact) mass is 426 g/mol. The molecule has 2 aromatic carbocycles. The Morgan fingerprint density at radius 1 is 1.13 bits per heavy atom. The van der Waals surface area contributed by atoms with Crippen LogP contribution in [0, 0.1) is 13.8 Å². The SMILES string of the molecule is COC(=O)c1cccc(NC(=O)c2ccc(OCc3c(C)noc3C)c(OC)c2)c1O. The summed E-state index contributed by atoms with van der Waals surface area (Å²) in [5, 5.41) is 16.7. The van der Waals surface area contributed by atoms with Crippen LogP contribution in [0.5, 0.6) is 17.2 Å². The lowest BCUT2D eigenvalue weighted by atomic mass is 10.1. The molecule has 1 heterocycles. The van der Waals surface area contributed by atoms with E-state index < -0.39 is 11.9 Å². The first kappa shape index (κ1) is 21.7. The van der Waals surface area contributed by atoms with E-state index in [1.54, 1.807) is 19.1 Å². The summed E-state index contributed by atoms with van der Waals surface area (Å²) in [5.41, 5.74) is 1.86. The fraction of sp³-hybridized carbons (Fsp3) is 0.227. The molecule has 0 bridgehead atoms. The van der Waals surface area contributed by atoms with Gasteiger partial charge in [0.2, 0.25) is 0 Å². The van der Waals surface area contributed by atoms with Gasteiger partial charge >= 0.3 is 5.97 Å². The molecule has 9 nitrogen and oxygen atoms in total.